The number of ether oxygens (including phenoxy) is 2. The summed E-state index contributed by atoms with van der Waals surface area (Å²) in [4.78, 5) is 0. The van der Waals surface area contributed by atoms with Crippen LogP contribution in [-0.4, -0.2) is 13.1 Å². The second-order valence-electron chi connectivity index (χ2n) is 5.90. The Bertz CT molecular complexity index is 789. The Hall–Kier alpha value is -3.01. The standard InChI is InChI=1S/C21H24N2O2/c1-15(2)9-12-18-19(24-3)13-17(14-20(18)25-21(22)23)11-10-16-7-5-4-6-8-16/h4-11,13-14H,12H2,1-3H3,(H3,22,23)/b11-10+. The van der Waals surface area contributed by atoms with Crippen LogP contribution < -0.4 is 15.2 Å². The molecule has 0 aliphatic heterocycles. The zero-order valence-corrected chi connectivity index (χ0v) is 14.9. The van der Waals surface area contributed by atoms with Crippen LogP contribution in [0.1, 0.15) is 30.5 Å². The Kier molecular flexibility index (Phi) is 6.40. The Morgan fingerprint density at radius 2 is 1.68 bits per heavy atom. The number of nitrogens with two attached hydrogens (primary N) is 1. The fraction of sp³-hybridized carbons (Fsp3) is 0.190. The highest BCUT2D eigenvalue weighted by Crippen LogP contribution is 2.32. The number of rotatable bonds is 6. The fourth-order valence-corrected chi connectivity index (χ4v) is 2.39. The summed E-state index contributed by atoms with van der Waals surface area (Å²) in [5.41, 5.74) is 9.53. The molecule has 2 rings (SSSR count). The van der Waals surface area contributed by atoms with Gasteiger partial charge in [0.1, 0.15) is 11.5 Å². The van der Waals surface area contributed by atoms with Crippen molar-refractivity contribution in [3.8, 4) is 11.5 Å². The van der Waals surface area contributed by atoms with Crippen LogP contribution in [0.4, 0.5) is 0 Å². The SMILES string of the molecule is COc1cc(/C=C/c2ccccc2)cc(OC(=N)N)c1CC=C(C)C. The molecule has 0 fully saturated rings. The summed E-state index contributed by atoms with van der Waals surface area (Å²) in [5, 5.41) is 7.46. The summed E-state index contributed by atoms with van der Waals surface area (Å²) in [5.74, 6) is 1.25. The molecule has 0 saturated heterocycles. The van der Waals surface area contributed by atoms with Gasteiger partial charge in [-0.25, -0.2) is 0 Å². The number of benzene rings is 2. The Balaban J connectivity index is 2.43. The van der Waals surface area contributed by atoms with Gasteiger partial charge in [-0.1, -0.05) is 54.1 Å². The van der Waals surface area contributed by atoms with Crippen LogP contribution in [0.2, 0.25) is 0 Å². The Morgan fingerprint density at radius 3 is 2.28 bits per heavy atom. The quantitative estimate of drug-likeness (QED) is 0.349. The van der Waals surface area contributed by atoms with Crippen LogP contribution in [0, 0.1) is 5.41 Å². The molecule has 0 radical (unpaired) electrons. The van der Waals surface area contributed by atoms with Crippen molar-refractivity contribution in [1.82, 2.24) is 0 Å². The van der Waals surface area contributed by atoms with Gasteiger partial charge < -0.3 is 15.2 Å². The van der Waals surface area contributed by atoms with E-state index in [-0.39, 0.29) is 6.02 Å². The lowest BCUT2D eigenvalue weighted by atomic mass is 10.0. The van der Waals surface area contributed by atoms with E-state index in [0.717, 1.165) is 16.7 Å². The summed E-state index contributed by atoms with van der Waals surface area (Å²) in [6.07, 6.45) is 6.73. The Labute approximate surface area is 149 Å². The highest BCUT2D eigenvalue weighted by atomic mass is 16.5. The van der Waals surface area contributed by atoms with E-state index in [1.807, 2.05) is 68.5 Å². The van der Waals surface area contributed by atoms with Crippen LogP contribution in [0.5, 0.6) is 11.5 Å². The van der Waals surface area contributed by atoms with Crippen molar-refractivity contribution in [2.75, 3.05) is 7.11 Å². The van der Waals surface area contributed by atoms with Crippen molar-refractivity contribution in [3.05, 3.63) is 70.8 Å². The van der Waals surface area contributed by atoms with E-state index < -0.39 is 0 Å². The second kappa shape index (κ2) is 8.73. The molecular formula is C21H24N2O2. The normalized spacial score (nSPS) is 10.5. The molecule has 0 saturated carbocycles. The van der Waals surface area contributed by atoms with Crippen LogP contribution in [0.3, 0.4) is 0 Å². The summed E-state index contributed by atoms with van der Waals surface area (Å²) >= 11 is 0. The third-order valence-electron chi connectivity index (χ3n) is 3.61. The molecule has 2 aromatic carbocycles. The van der Waals surface area contributed by atoms with Crippen molar-refractivity contribution in [2.45, 2.75) is 20.3 Å². The van der Waals surface area contributed by atoms with E-state index in [1.165, 1.54) is 5.57 Å². The minimum Gasteiger partial charge on any atom is -0.496 e. The average Bonchev–Trinajstić information content (AvgIpc) is 2.58. The number of hydrogen-bond donors (Lipinski definition) is 2. The van der Waals surface area contributed by atoms with Gasteiger partial charge in [-0.2, -0.15) is 0 Å². The maximum absolute atomic E-state index is 7.46. The number of amidine groups is 1. The molecule has 0 unspecified atom stereocenters. The molecule has 0 atom stereocenters. The minimum atomic E-state index is -0.343. The van der Waals surface area contributed by atoms with Gasteiger partial charge in [0.05, 0.1) is 7.11 Å². The first-order valence-electron chi connectivity index (χ1n) is 8.09. The van der Waals surface area contributed by atoms with Gasteiger partial charge in [0.15, 0.2) is 0 Å². The second-order valence-corrected chi connectivity index (χ2v) is 5.90. The lowest BCUT2D eigenvalue weighted by molar-refractivity contribution is 0.406. The average molecular weight is 336 g/mol. The molecular weight excluding hydrogens is 312 g/mol. The van der Waals surface area contributed by atoms with Crippen LogP contribution in [0.15, 0.2) is 54.1 Å². The van der Waals surface area contributed by atoms with Gasteiger partial charge in [-0.15, -0.1) is 0 Å². The van der Waals surface area contributed by atoms with Crippen LogP contribution in [0.25, 0.3) is 12.2 Å². The molecule has 130 valence electrons. The first-order valence-corrected chi connectivity index (χ1v) is 8.09. The molecule has 0 aromatic heterocycles. The smallest absolute Gasteiger partial charge is 0.284 e. The van der Waals surface area contributed by atoms with Crippen molar-refractivity contribution in [1.29, 1.82) is 5.41 Å². The predicted molar refractivity (Wildman–Crippen MR) is 104 cm³/mol. The maximum Gasteiger partial charge on any atom is 0.284 e. The zero-order chi connectivity index (χ0) is 18.2. The largest absolute Gasteiger partial charge is 0.496 e. The van der Waals surface area contributed by atoms with E-state index in [9.17, 15) is 0 Å². The van der Waals surface area contributed by atoms with Crippen LogP contribution >= 0.6 is 0 Å². The van der Waals surface area contributed by atoms with E-state index >= 15 is 0 Å². The van der Waals surface area contributed by atoms with Gasteiger partial charge in [0.2, 0.25) is 0 Å². The minimum absolute atomic E-state index is 0.343. The first kappa shape index (κ1) is 18.3. The number of allylic oxidation sites excluding steroid dienone is 2. The highest BCUT2D eigenvalue weighted by molar-refractivity contribution is 5.75. The topological polar surface area (TPSA) is 68.3 Å². The number of methoxy groups -OCH3 is 1. The fourth-order valence-electron chi connectivity index (χ4n) is 2.39. The zero-order valence-electron chi connectivity index (χ0n) is 14.9. The first-order chi connectivity index (χ1) is 12.0. The molecule has 0 aliphatic rings. The number of nitrogens with one attached hydrogen (secondary N) is 1. The summed E-state index contributed by atoms with van der Waals surface area (Å²) in [6, 6.07) is 13.5. The molecule has 4 heteroatoms. The van der Waals surface area contributed by atoms with Gasteiger partial charge in [-0.3, -0.25) is 5.41 Å². The monoisotopic (exact) mass is 336 g/mol. The Morgan fingerprint density at radius 1 is 1.04 bits per heavy atom. The van der Waals surface area contributed by atoms with Crippen molar-refractivity contribution in [3.63, 3.8) is 0 Å². The molecule has 25 heavy (non-hydrogen) atoms. The van der Waals surface area contributed by atoms with Crippen molar-refractivity contribution >= 4 is 18.2 Å². The highest BCUT2D eigenvalue weighted by Gasteiger charge is 2.13. The third kappa shape index (κ3) is 5.53. The van der Waals surface area contributed by atoms with E-state index in [0.29, 0.717) is 17.9 Å². The molecule has 3 N–H and O–H groups in total. The van der Waals surface area contributed by atoms with Gasteiger partial charge in [-0.05, 0) is 43.5 Å². The lowest BCUT2D eigenvalue weighted by Crippen LogP contribution is -2.18. The summed E-state index contributed by atoms with van der Waals surface area (Å²) in [6.45, 7) is 4.07. The van der Waals surface area contributed by atoms with Crippen molar-refractivity contribution < 1.29 is 9.47 Å². The van der Waals surface area contributed by atoms with Crippen LogP contribution in [-0.2, 0) is 6.42 Å². The van der Waals surface area contributed by atoms with E-state index in [4.69, 9.17) is 20.6 Å². The third-order valence-corrected chi connectivity index (χ3v) is 3.61. The molecule has 0 aliphatic carbocycles. The molecule has 2 aromatic rings. The molecule has 0 amide bonds. The van der Waals surface area contributed by atoms with Gasteiger partial charge in [0, 0.05) is 5.56 Å². The summed E-state index contributed by atoms with van der Waals surface area (Å²) < 4.78 is 11.0. The van der Waals surface area contributed by atoms with Crippen molar-refractivity contribution in [2.24, 2.45) is 5.73 Å². The van der Waals surface area contributed by atoms with E-state index in [1.54, 1.807) is 7.11 Å². The molecule has 0 heterocycles. The molecule has 0 spiro atoms. The molecule has 0 bridgehead atoms. The van der Waals surface area contributed by atoms with Gasteiger partial charge in [0.25, 0.3) is 6.02 Å². The van der Waals surface area contributed by atoms with E-state index in [2.05, 4.69) is 6.08 Å². The lowest BCUT2D eigenvalue weighted by Gasteiger charge is -2.14. The summed E-state index contributed by atoms with van der Waals surface area (Å²) in [7, 11) is 1.63. The maximum atomic E-state index is 7.46. The number of hydrogen-bond acceptors (Lipinski definition) is 3. The molecule has 4 nitrogen and oxygen atoms in total. The van der Waals surface area contributed by atoms with Gasteiger partial charge >= 0.3 is 0 Å². The predicted octanol–water partition coefficient (Wildman–Crippen LogP) is 4.65.